The van der Waals surface area contributed by atoms with Crippen LogP contribution in [-0.2, 0) is 0 Å². The molecule has 0 aliphatic heterocycles. The van der Waals surface area contributed by atoms with Gasteiger partial charge in [0.05, 0.1) is 18.1 Å². The molecule has 0 saturated carbocycles. The Labute approximate surface area is 119 Å². The van der Waals surface area contributed by atoms with Crippen molar-refractivity contribution in [1.82, 2.24) is 14.8 Å². The minimum absolute atomic E-state index is 0.641. The van der Waals surface area contributed by atoms with Gasteiger partial charge in [0, 0.05) is 16.2 Å². The molecule has 0 amide bonds. The maximum atomic E-state index is 5.62. The molecule has 2 N–H and O–H groups in total. The first-order valence-corrected chi connectivity index (χ1v) is 6.55. The zero-order valence-corrected chi connectivity index (χ0v) is 11.6. The van der Waals surface area contributed by atoms with E-state index in [0.717, 1.165) is 21.4 Å². The smallest absolute Gasteiger partial charge is 0.153 e. The molecule has 0 unspecified atom stereocenters. The lowest BCUT2D eigenvalue weighted by Gasteiger charge is -2.01. The number of rotatable bonds is 2. The SMILES string of the molecule is Nc1ccc(-n2cc(-c3ccccc3Br)cn2)nc1. The van der Waals surface area contributed by atoms with Gasteiger partial charge < -0.3 is 5.73 Å². The first-order chi connectivity index (χ1) is 9.24. The van der Waals surface area contributed by atoms with Crippen molar-refractivity contribution in [3.63, 3.8) is 0 Å². The number of halogens is 1. The molecular weight excluding hydrogens is 304 g/mol. The number of nitrogen functional groups attached to an aromatic ring is 1. The summed E-state index contributed by atoms with van der Waals surface area (Å²) in [6.45, 7) is 0. The van der Waals surface area contributed by atoms with Crippen molar-refractivity contribution >= 4 is 21.6 Å². The highest BCUT2D eigenvalue weighted by atomic mass is 79.9. The minimum atomic E-state index is 0.641. The van der Waals surface area contributed by atoms with E-state index in [0.29, 0.717) is 5.69 Å². The summed E-state index contributed by atoms with van der Waals surface area (Å²) in [5.41, 5.74) is 8.40. The molecule has 0 aliphatic rings. The van der Waals surface area contributed by atoms with Gasteiger partial charge in [-0.3, -0.25) is 0 Å². The average molecular weight is 315 g/mol. The van der Waals surface area contributed by atoms with Crippen LogP contribution in [-0.4, -0.2) is 14.8 Å². The van der Waals surface area contributed by atoms with E-state index in [1.807, 2.05) is 48.8 Å². The van der Waals surface area contributed by atoms with Crippen molar-refractivity contribution in [2.24, 2.45) is 0 Å². The summed E-state index contributed by atoms with van der Waals surface area (Å²) in [6, 6.07) is 11.7. The molecule has 1 aromatic carbocycles. The highest BCUT2D eigenvalue weighted by molar-refractivity contribution is 9.10. The zero-order valence-electron chi connectivity index (χ0n) is 9.99. The molecule has 0 bridgehead atoms. The fourth-order valence-electron chi connectivity index (χ4n) is 1.82. The molecule has 0 radical (unpaired) electrons. The Balaban J connectivity index is 2.00. The number of anilines is 1. The van der Waals surface area contributed by atoms with Gasteiger partial charge in [-0.2, -0.15) is 5.10 Å². The number of hydrogen-bond acceptors (Lipinski definition) is 3. The molecule has 0 saturated heterocycles. The van der Waals surface area contributed by atoms with Crippen LogP contribution in [0.1, 0.15) is 0 Å². The summed E-state index contributed by atoms with van der Waals surface area (Å²) in [5.74, 6) is 0.743. The van der Waals surface area contributed by atoms with Crippen LogP contribution >= 0.6 is 15.9 Å². The summed E-state index contributed by atoms with van der Waals surface area (Å²) >= 11 is 3.54. The fraction of sp³-hybridized carbons (Fsp3) is 0. The van der Waals surface area contributed by atoms with Gasteiger partial charge in [-0.05, 0) is 23.8 Å². The first kappa shape index (κ1) is 11.9. The Kier molecular flexibility index (Phi) is 3.05. The van der Waals surface area contributed by atoms with Crippen molar-refractivity contribution in [3.05, 3.63) is 59.5 Å². The van der Waals surface area contributed by atoms with E-state index in [-0.39, 0.29) is 0 Å². The number of benzene rings is 1. The van der Waals surface area contributed by atoms with Crippen molar-refractivity contribution in [1.29, 1.82) is 0 Å². The Morgan fingerprint density at radius 3 is 2.63 bits per heavy atom. The minimum Gasteiger partial charge on any atom is -0.397 e. The van der Waals surface area contributed by atoms with Crippen LogP contribution < -0.4 is 5.73 Å². The van der Waals surface area contributed by atoms with E-state index >= 15 is 0 Å². The molecule has 94 valence electrons. The summed E-state index contributed by atoms with van der Waals surface area (Å²) in [4.78, 5) is 4.24. The Hall–Kier alpha value is -2.14. The van der Waals surface area contributed by atoms with Crippen LogP contribution in [0.15, 0.2) is 59.5 Å². The third-order valence-corrected chi connectivity index (χ3v) is 3.46. The van der Waals surface area contributed by atoms with E-state index < -0.39 is 0 Å². The molecule has 4 nitrogen and oxygen atoms in total. The first-order valence-electron chi connectivity index (χ1n) is 5.75. The second-order valence-electron chi connectivity index (χ2n) is 4.10. The third kappa shape index (κ3) is 2.37. The van der Waals surface area contributed by atoms with Crippen molar-refractivity contribution < 1.29 is 0 Å². The second kappa shape index (κ2) is 4.85. The van der Waals surface area contributed by atoms with Gasteiger partial charge in [0.15, 0.2) is 5.82 Å². The number of nitrogens with two attached hydrogens (primary N) is 1. The van der Waals surface area contributed by atoms with Gasteiger partial charge in [-0.25, -0.2) is 9.67 Å². The van der Waals surface area contributed by atoms with Crippen molar-refractivity contribution in [2.45, 2.75) is 0 Å². The van der Waals surface area contributed by atoms with Crippen LogP contribution in [0.3, 0.4) is 0 Å². The molecule has 0 fully saturated rings. The normalized spacial score (nSPS) is 10.6. The standard InChI is InChI=1S/C14H11BrN4/c15-13-4-2-1-3-12(13)10-7-18-19(9-10)14-6-5-11(16)8-17-14/h1-9H,16H2. The van der Waals surface area contributed by atoms with Crippen LogP contribution in [0.2, 0.25) is 0 Å². The Morgan fingerprint density at radius 2 is 1.89 bits per heavy atom. The maximum absolute atomic E-state index is 5.62. The number of pyridine rings is 1. The zero-order chi connectivity index (χ0) is 13.2. The van der Waals surface area contributed by atoms with Crippen molar-refractivity contribution in [2.75, 3.05) is 5.73 Å². The highest BCUT2D eigenvalue weighted by Gasteiger charge is 2.06. The maximum Gasteiger partial charge on any atom is 0.153 e. The van der Waals surface area contributed by atoms with Gasteiger partial charge >= 0.3 is 0 Å². The molecule has 2 heterocycles. The number of nitrogens with zero attached hydrogens (tertiary/aromatic N) is 3. The van der Waals surface area contributed by atoms with E-state index in [9.17, 15) is 0 Å². The molecule has 0 spiro atoms. The predicted octanol–water partition coefficient (Wildman–Crippen LogP) is 3.28. The van der Waals surface area contributed by atoms with Gasteiger partial charge in [-0.1, -0.05) is 34.1 Å². The third-order valence-electron chi connectivity index (χ3n) is 2.77. The average Bonchev–Trinajstić information content (AvgIpc) is 2.89. The van der Waals surface area contributed by atoms with Gasteiger partial charge in [0.2, 0.25) is 0 Å². The highest BCUT2D eigenvalue weighted by Crippen LogP contribution is 2.27. The summed E-state index contributed by atoms with van der Waals surface area (Å²) in [6.07, 6.45) is 5.38. The second-order valence-corrected chi connectivity index (χ2v) is 4.96. The molecule has 5 heteroatoms. The quantitative estimate of drug-likeness (QED) is 0.789. The molecule has 2 aromatic heterocycles. The molecular formula is C14H11BrN4. The van der Waals surface area contributed by atoms with E-state index in [1.165, 1.54) is 0 Å². The summed E-state index contributed by atoms with van der Waals surface area (Å²) in [7, 11) is 0. The molecule has 19 heavy (non-hydrogen) atoms. The van der Waals surface area contributed by atoms with E-state index in [1.54, 1.807) is 10.9 Å². The lowest BCUT2D eigenvalue weighted by Crippen LogP contribution is -1.98. The summed E-state index contributed by atoms with van der Waals surface area (Å²) in [5, 5.41) is 4.33. The topological polar surface area (TPSA) is 56.7 Å². The van der Waals surface area contributed by atoms with Gasteiger partial charge in [0.1, 0.15) is 0 Å². The molecule has 3 aromatic rings. The lowest BCUT2D eigenvalue weighted by atomic mass is 10.1. The lowest BCUT2D eigenvalue weighted by molar-refractivity contribution is 0.847. The van der Waals surface area contributed by atoms with Crippen LogP contribution in [0.5, 0.6) is 0 Å². The fourth-order valence-corrected chi connectivity index (χ4v) is 2.33. The van der Waals surface area contributed by atoms with Crippen molar-refractivity contribution in [3.8, 4) is 16.9 Å². The van der Waals surface area contributed by atoms with E-state index in [2.05, 4.69) is 26.0 Å². The Bertz CT molecular complexity index is 703. The van der Waals surface area contributed by atoms with Crippen LogP contribution in [0.4, 0.5) is 5.69 Å². The Morgan fingerprint density at radius 1 is 1.05 bits per heavy atom. The number of aromatic nitrogens is 3. The largest absolute Gasteiger partial charge is 0.397 e. The van der Waals surface area contributed by atoms with Crippen LogP contribution in [0, 0.1) is 0 Å². The predicted molar refractivity (Wildman–Crippen MR) is 78.9 cm³/mol. The monoisotopic (exact) mass is 314 g/mol. The van der Waals surface area contributed by atoms with E-state index in [4.69, 9.17) is 5.73 Å². The number of hydrogen-bond donors (Lipinski definition) is 1. The molecule has 0 aliphatic carbocycles. The molecule has 0 atom stereocenters. The summed E-state index contributed by atoms with van der Waals surface area (Å²) < 4.78 is 2.77. The molecule has 3 rings (SSSR count). The van der Waals surface area contributed by atoms with Gasteiger partial charge in [0.25, 0.3) is 0 Å². The van der Waals surface area contributed by atoms with Crippen LogP contribution in [0.25, 0.3) is 16.9 Å². The van der Waals surface area contributed by atoms with Gasteiger partial charge in [-0.15, -0.1) is 0 Å².